The summed E-state index contributed by atoms with van der Waals surface area (Å²) in [6.45, 7) is 3.29. The SMILES string of the molecule is CCN[SiH2]CN(C)C. The van der Waals surface area contributed by atoms with Crippen molar-refractivity contribution in [3.8, 4) is 0 Å². The Labute approximate surface area is 54.2 Å². The molecule has 0 rings (SSSR count). The number of hydrogen-bond donors (Lipinski definition) is 1. The number of nitrogens with zero attached hydrogens (tertiary/aromatic N) is 1. The molecule has 0 unspecified atom stereocenters. The molecule has 0 atom stereocenters. The first-order chi connectivity index (χ1) is 3.77. The fourth-order valence-corrected chi connectivity index (χ4v) is 1.44. The second-order valence-electron chi connectivity index (χ2n) is 2.16. The van der Waals surface area contributed by atoms with Crippen LogP contribution in [0.5, 0.6) is 0 Å². The topological polar surface area (TPSA) is 15.3 Å². The number of rotatable bonds is 4. The van der Waals surface area contributed by atoms with Crippen LogP contribution in [-0.2, 0) is 0 Å². The van der Waals surface area contributed by atoms with Crippen molar-refractivity contribution in [2.45, 2.75) is 6.92 Å². The molecule has 0 aromatic carbocycles. The average molecular weight is 132 g/mol. The quantitative estimate of drug-likeness (QED) is 0.398. The first kappa shape index (κ1) is 8.14. The molecule has 0 amide bonds. The van der Waals surface area contributed by atoms with E-state index in [1.165, 1.54) is 6.17 Å². The van der Waals surface area contributed by atoms with E-state index in [1.54, 1.807) is 0 Å². The van der Waals surface area contributed by atoms with Gasteiger partial charge in [-0.25, -0.2) is 0 Å². The van der Waals surface area contributed by atoms with E-state index in [4.69, 9.17) is 0 Å². The van der Waals surface area contributed by atoms with Crippen molar-refractivity contribution in [3.63, 3.8) is 0 Å². The van der Waals surface area contributed by atoms with E-state index in [0.29, 0.717) is 0 Å². The highest BCUT2D eigenvalue weighted by atomic mass is 28.2. The lowest BCUT2D eigenvalue weighted by Crippen LogP contribution is -2.29. The molecule has 0 aromatic rings. The summed E-state index contributed by atoms with van der Waals surface area (Å²) >= 11 is 0. The Kier molecular flexibility index (Phi) is 5.37. The Morgan fingerprint density at radius 1 is 1.50 bits per heavy atom. The Hall–Kier alpha value is 0.137. The fraction of sp³-hybridized carbons (Fsp3) is 1.00. The van der Waals surface area contributed by atoms with Crippen molar-refractivity contribution in [1.82, 2.24) is 9.88 Å². The summed E-state index contributed by atoms with van der Waals surface area (Å²) < 4.78 is 0. The van der Waals surface area contributed by atoms with Gasteiger partial charge in [-0.15, -0.1) is 0 Å². The summed E-state index contributed by atoms with van der Waals surface area (Å²) in [6.07, 6.45) is 1.27. The zero-order valence-electron chi connectivity index (χ0n) is 6.07. The van der Waals surface area contributed by atoms with Crippen LogP contribution < -0.4 is 4.98 Å². The van der Waals surface area contributed by atoms with Gasteiger partial charge in [-0.3, -0.25) is 0 Å². The first-order valence-electron chi connectivity index (χ1n) is 3.12. The van der Waals surface area contributed by atoms with Crippen molar-refractivity contribution < 1.29 is 0 Å². The van der Waals surface area contributed by atoms with Crippen LogP contribution in [0.2, 0.25) is 0 Å². The maximum absolute atomic E-state index is 3.38. The summed E-state index contributed by atoms with van der Waals surface area (Å²) in [7, 11) is 4.27. The lowest BCUT2D eigenvalue weighted by atomic mass is 10.8. The number of hydrogen-bond acceptors (Lipinski definition) is 2. The zero-order valence-corrected chi connectivity index (χ0v) is 7.48. The van der Waals surface area contributed by atoms with Crippen molar-refractivity contribution in [2.75, 3.05) is 26.8 Å². The molecule has 2 nitrogen and oxygen atoms in total. The molecule has 0 fully saturated rings. The molecule has 0 spiro atoms. The molecule has 0 heterocycles. The van der Waals surface area contributed by atoms with Gasteiger partial charge in [0.05, 0.1) is 0 Å². The van der Waals surface area contributed by atoms with Crippen LogP contribution in [0.1, 0.15) is 6.92 Å². The fourth-order valence-electron chi connectivity index (χ4n) is 0.479. The van der Waals surface area contributed by atoms with Gasteiger partial charge in [-0.05, 0) is 20.6 Å². The van der Waals surface area contributed by atoms with Crippen molar-refractivity contribution >= 4 is 9.68 Å². The molecule has 0 aliphatic heterocycles. The van der Waals surface area contributed by atoms with E-state index in [2.05, 4.69) is 30.9 Å². The molecule has 8 heavy (non-hydrogen) atoms. The second kappa shape index (κ2) is 5.28. The second-order valence-corrected chi connectivity index (χ2v) is 3.60. The molecular weight excluding hydrogens is 116 g/mol. The Morgan fingerprint density at radius 3 is 2.50 bits per heavy atom. The van der Waals surface area contributed by atoms with E-state index < -0.39 is 0 Å². The monoisotopic (exact) mass is 132 g/mol. The summed E-state index contributed by atoms with van der Waals surface area (Å²) in [6, 6.07) is 0. The van der Waals surface area contributed by atoms with Crippen molar-refractivity contribution in [2.24, 2.45) is 0 Å². The molecule has 0 aliphatic rings. The summed E-state index contributed by atoms with van der Waals surface area (Å²) in [4.78, 5) is 5.61. The van der Waals surface area contributed by atoms with Crippen LogP contribution in [-0.4, -0.2) is 41.4 Å². The van der Waals surface area contributed by atoms with Gasteiger partial charge in [0.15, 0.2) is 0 Å². The Balaban J connectivity index is 2.72. The lowest BCUT2D eigenvalue weighted by Gasteiger charge is -2.07. The lowest BCUT2D eigenvalue weighted by molar-refractivity contribution is 0.475. The van der Waals surface area contributed by atoms with Crippen LogP contribution in [0.15, 0.2) is 0 Å². The summed E-state index contributed by atoms with van der Waals surface area (Å²) in [5, 5.41) is 0. The third-order valence-corrected chi connectivity index (χ3v) is 2.96. The van der Waals surface area contributed by atoms with E-state index in [-0.39, 0.29) is 9.68 Å². The van der Waals surface area contributed by atoms with Crippen LogP contribution in [0.25, 0.3) is 0 Å². The normalized spacial score (nSPS) is 12.0. The van der Waals surface area contributed by atoms with E-state index in [9.17, 15) is 0 Å². The molecule has 0 saturated carbocycles. The zero-order chi connectivity index (χ0) is 6.41. The van der Waals surface area contributed by atoms with Crippen LogP contribution in [0.4, 0.5) is 0 Å². The predicted octanol–water partition coefficient (Wildman–Crippen LogP) is -0.801. The van der Waals surface area contributed by atoms with Gasteiger partial charge in [0, 0.05) is 6.17 Å². The van der Waals surface area contributed by atoms with Gasteiger partial charge in [-0.2, -0.15) is 0 Å². The highest BCUT2D eigenvalue weighted by Crippen LogP contribution is 1.65. The van der Waals surface area contributed by atoms with Crippen LogP contribution >= 0.6 is 0 Å². The third kappa shape index (κ3) is 6.14. The third-order valence-electron chi connectivity index (χ3n) is 0.986. The first-order valence-corrected chi connectivity index (χ1v) is 4.83. The minimum atomic E-state index is 0.0397. The van der Waals surface area contributed by atoms with Gasteiger partial charge in [0.1, 0.15) is 9.68 Å². The Bertz CT molecular complexity index is 47.7. The standard InChI is InChI=1S/C5H16N2Si/c1-4-6-8-5-7(2)3/h6H,4-5,8H2,1-3H3. The molecule has 50 valence electrons. The van der Waals surface area contributed by atoms with Gasteiger partial charge >= 0.3 is 0 Å². The van der Waals surface area contributed by atoms with Gasteiger partial charge in [0.2, 0.25) is 0 Å². The highest BCUT2D eigenvalue weighted by molar-refractivity contribution is 6.32. The molecule has 0 radical (unpaired) electrons. The maximum atomic E-state index is 3.38. The minimum absolute atomic E-state index is 0.0397. The average Bonchev–Trinajstić information content (AvgIpc) is 1.66. The van der Waals surface area contributed by atoms with Gasteiger partial charge in [-0.1, -0.05) is 6.92 Å². The molecule has 0 saturated heterocycles. The highest BCUT2D eigenvalue weighted by Gasteiger charge is 1.86. The molecule has 1 N–H and O–H groups in total. The van der Waals surface area contributed by atoms with Crippen molar-refractivity contribution in [1.29, 1.82) is 0 Å². The number of nitrogens with one attached hydrogen (secondary N) is 1. The molecule has 0 bridgehead atoms. The molecular formula is C5H16N2Si. The molecule has 0 aromatic heterocycles. The van der Waals surface area contributed by atoms with Crippen molar-refractivity contribution in [3.05, 3.63) is 0 Å². The minimum Gasteiger partial charge on any atom is -0.341 e. The van der Waals surface area contributed by atoms with Gasteiger partial charge < -0.3 is 9.88 Å². The van der Waals surface area contributed by atoms with E-state index >= 15 is 0 Å². The summed E-state index contributed by atoms with van der Waals surface area (Å²) in [5.74, 6) is 0. The van der Waals surface area contributed by atoms with E-state index in [1.807, 2.05) is 0 Å². The van der Waals surface area contributed by atoms with Crippen LogP contribution in [0, 0.1) is 0 Å². The molecule has 3 heteroatoms. The molecule has 0 aliphatic carbocycles. The smallest absolute Gasteiger partial charge is 0.106 e. The summed E-state index contributed by atoms with van der Waals surface area (Å²) in [5.41, 5.74) is 0. The predicted molar refractivity (Wildman–Crippen MR) is 40.8 cm³/mol. The van der Waals surface area contributed by atoms with E-state index in [0.717, 1.165) is 6.54 Å². The largest absolute Gasteiger partial charge is 0.341 e. The maximum Gasteiger partial charge on any atom is 0.106 e. The van der Waals surface area contributed by atoms with Crippen LogP contribution in [0.3, 0.4) is 0 Å². The van der Waals surface area contributed by atoms with Gasteiger partial charge in [0.25, 0.3) is 0 Å². The Morgan fingerprint density at radius 2 is 2.12 bits per heavy atom.